The predicted octanol–water partition coefficient (Wildman–Crippen LogP) is 4.93. The number of nitrogens with zero attached hydrogens (tertiary/aromatic N) is 2. The zero-order chi connectivity index (χ0) is 21.6. The molecule has 0 saturated heterocycles. The van der Waals surface area contributed by atoms with E-state index in [2.05, 4.69) is 53.7 Å². The summed E-state index contributed by atoms with van der Waals surface area (Å²) in [5, 5.41) is 17.0. The van der Waals surface area contributed by atoms with Crippen LogP contribution in [-0.4, -0.2) is 32.9 Å². The number of hydrogen-bond donors (Lipinski definition) is 2. The van der Waals surface area contributed by atoms with Gasteiger partial charge in [0.1, 0.15) is 6.54 Å². The predicted molar refractivity (Wildman–Crippen MR) is 124 cm³/mol. The lowest BCUT2D eigenvalue weighted by Crippen LogP contribution is -2.35. The van der Waals surface area contributed by atoms with E-state index in [1.165, 1.54) is 48.8 Å². The third-order valence-electron chi connectivity index (χ3n) is 6.95. The van der Waals surface area contributed by atoms with Crippen LogP contribution in [0.2, 0.25) is 0 Å². The van der Waals surface area contributed by atoms with E-state index in [1.54, 1.807) is 5.57 Å². The summed E-state index contributed by atoms with van der Waals surface area (Å²) in [6, 6.07) is 12.0. The molecular formula is C26H35N3O2. The van der Waals surface area contributed by atoms with Gasteiger partial charge in [0.05, 0.1) is 6.20 Å². The largest absolute Gasteiger partial charge is 0.480 e. The minimum atomic E-state index is -0.847. The van der Waals surface area contributed by atoms with Crippen molar-refractivity contribution in [2.75, 3.05) is 0 Å². The summed E-state index contributed by atoms with van der Waals surface area (Å²) >= 11 is 0. The van der Waals surface area contributed by atoms with Crippen LogP contribution in [0, 0.1) is 11.8 Å². The Bertz CT molecular complexity index is 881. The summed E-state index contributed by atoms with van der Waals surface area (Å²) < 4.78 is 1.52. The van der Waals surface area contributed by atoms with Crippen molar-refractivity contribution in [3.63, 3.8) is 0 Å². The molecule has 0 amide bonds. The molecule has 0 aliphatic heterocycles. The fourth-order valence-electron chi connectivity index (χ4n) is 5.08. The van der Waals surface area contributed by atoms with Crippen LogP contribution in [-0.2, 0) is 17.8 Å². The maximum absolute atomic E-state index is 10.8. The van der Waals surface area contributed by atoms with Crippen LogP contribution in [0.4, 0.5) is 0 Å². The van der Waals surface area contributed by atoms with E-state index in [4.69, 9.17) is 5.11 Å². The number of carbonyl (C=O) groups is 1. The highest BCUT2D eigenvalue weighted by atomic mass is 16.4. The molecule has 5 nitrogen and oxygen atoms in total. The SMILES string of the molecule is CC/C(=C\c1ccccc1)[C@@H]1C[C@H]1NC1CCC(CCc2cnn(CC(=O)O)c2)CC1. The van der Waals surface area contributed by atoms with Gasteiger partial charge in [-0.2, -0.15) is 5.10 Å². The van der Waals surface area contributed by atoms with E-state index in [0.29, 0.717) is 18.0 Å². The van der Waals surface area contributed by atoms with E-state index in [1.807, 2.05) is 12.4 Å². The van der Waals surface area contributed by atoms with Crippen molar-refractivity contribution in [3.8, 4) is 0 Å². The van der Waals surface area contributed by atoms with Crippen molar-refractivity contribution < 1.29 is 9.90 Å². The Hall–Kier alpha value is -2.40. The average Bonchev–Trinajstić information content (AvgIpc) is 3.39. The second-order valence-electron chi connectivity index (χ2n) is 9.30. The van der Waals surface area contributed by atoms with Gasteiger partial charge in [0.2, 0.25) is 0 Å². The maximum atomic E-state index is 10.8. The molecular weight excluding hydrogens is 386 g/mol. The molecule has 2 atom stereocenters. The first-order valence-electron chi connectivity index (χ1n) is 11.9. The molecule has 2 saturated carbocycles. The monoisotopic (exact) mass is 421 g/mol. The number of aromatic nitrogens is 2. The van der Waals surface area contributed by atoms with Crippen LogP contribution in [0.15, 0.2) is 48.3 Å². The lowest BCUT2D eigenvalue weighted by Gasteiger charge is -2.29. The van der Waals surface area contributed by atoms with Crippen LogP contribution in [0.3, 0.4) is 0 Å². The molecule has 2 N–H and O–H groups in total. The Morgan fingerprint density at radius 3 is 2.71 bits per heavy atom. The molecule has 1 aromatic heterocycles. The van der Waals surface area contributed by atoms with Crippen molar-refractivity contribution in [1.29, 1.82) is 0 Å². The number of aryl methyl sites for hydroxylation is 1. The standard InChI is InChI=1S/C26H35N3O2/c1-2-22(14-20-6-4-3-5-7-20)24-15-25(24)28-23-12-10-19(11-13-23)8-9-21-16-27-29(17-21)18-26(30)31/h3-7,14,16-17,19,23-25,28H,2,8-13,15,18H2,1H3,(H,30,31)/b22-14+/t19?,23?,24-,25+/m0/s1. The van der Waals surface area contributed by atoms with Gasteiger partial charge in [0.25, 0.3) is 0 Å². The third-order valence-corrected chi connectivity index (χ3v) is 6.95. The van der Waals surface area contributed by atoms with Gasteiger partial charge in [-0.3, -0.25) is 9.48 Å². The van der Waals surface area contributed by atoms with E-state index in [-0.39, 0.29) is 6.54 Å². The summed E-state index contributed by atoms with van der Waals surface area (Å²) in [7, 11) is 0. The molecule has 0 unspecified atom stereocenters. The molecule has 5 heteroatoms. The van der Waals surface area contributed by atoms with Gasteiger partial charge < -0.3 is 10.4 Å². The minimum absolute atomic E-state index is 0.0563. The normalized spacial score (nSPS) is 26.0. The quantitative estimate of drug-likeness (QED) is 0.571. The summed E-state index contributed by atoms with van der Waals surface area (Å²) in [4.78, 5) is 10.8. The summed E-state index contributed by atoms with van der Waals surface area (Å²) in [5.74, 6) is 0.644. The molecule has 0 radical (unpaired) electrons. The minimum Gasteiger partial charge on any atom is -0.480 e. The fraction of sp³-hybridized carbons (Fsp3) is 0.538. The second kappa shape index (κ2) is 10.3. The smallest absolute Gasteiger partial charge is 0.325 e. The number of hydrogen-bond acceptors (Lipinski definition) is 3. The molecule has 2 aromatic rings. The first-order valence-corrected chi connectivity index (χ1v) is 11.9. The zero-order valence-electron chi connectivity index (χ0n) is 18.5. The lowest BCUT2D eigenvalue weighted by molar-refractivity contribution is -0.137. The second-order valence-corrected chi connectivity index (χ2v) is 9.30. The van der Waals surface area contributed by atoms with Crippen LogP contribution >= 0.6 is 0 Å². The number of nitrogens with one attached hydrogen (secondary N) is 1. The highest BCUT2D eigenvalue weighted by Gasteiger charge is 2.40. The molecule has 0 bridgehead atoms. The molecule has 1 aromatic carbocycles. The summed E-state index contributed by atoms with van der Waals surface area (Å²) in [6.07, 6.45) is 15.8. The summed E-state index contributed by atoms with van der Waals surface area (Å²) in [6.45, 7) is 2.22. The van der Waals surface area contributed by atoms with Gasteiger partial charge in [-0.05, 0) is 74.3 Å². The lowest BCUT2D eigenvalue weighted by atomic mass is 9.83. The van der Waals surface area contributed by atoms with Crippen LogP contribution in [0.1, 0.15) is 63.0 Å². The third kappa shape index (κ3) is 6.30. The van der Waals surface area contributed by atoms with E-state index >= 15 is 0 Å². The molecule has 31 heavy (non-hydrogen) atoms. The molecule has 1 heterocycles. The van der Waals surface area contributed by atoms with Gasteiger partial charge in [-0.1, -0.05) is 48.9 Å². The zero-order valence-corrected chi connectivity index (χ0v) is 18.5. The number of carboxylic acid groups (broad SMARTS) is 1. The Morgan fingerprint density at radius 1 is 1.23 bits per heavy atom. The number of benzene rings is 1. The van der Waals surface area contributed by atoms with Crippen molar-refractivity contribution in [1.82, 2.24) is 15.1 Å². The topological polar surface area (TPSA) is 67.2 Å². The molecule has 2 fully saturated rings. The van der Waals surface area contributed by atoms with E-state index in [9.17, 15) is 4.79 Å². The van der Waals surface area contributed by atoms with Crippen molar-refractivity contribution >= 4 is 12.0 Å². The highest BCUT2D eigenvalue weighted by molar-refractivity contribution is 5.66. The highest BCUT2D eigenvalue weighted by Crippen LogP contribution is 2.41. The van der Waals surface area contributed by atoms with Crippen molar-refractivity contribution in [2.24, 2.45) is 11.8 Å². The maximum Gasteiger partial charge on any atom is 0.325 e. The Kier molecular flexibility index (Phi) is 7.23. The first-order chi connectivity index (χ1) is 15.1. The van der Waals surface area contributed by atoms with Gasteiger partial charge in [-0.15, -0.1) is 0 Å². The van der Waals surface area contributed by atoms with Crippen LogP contribution in [0.25, 0.3) is 6.08 Å². The molecule has 4 rings (SSSR count). The van der Waals surface area contributed by atoms with Gasteiger partial charge in [0, 0.05) is 18.3 Å². The molecule has 166 valence electrons. The van der Waals surface area contributed by atoms with Crippen LogP contribution < -0.4 is 5.32 Å². The number of rotatable bonds is 10. The van der Waals surface area contributed by atoms with Crippen LogP contribution in [0.5, 0.6) is 0 Å². The number of aliphatic carboxylic acids is 1. The van der Waals surface area contributed by atoms with Crippen molar-refractivity contribution in [3.05, 3.63) is 59.4 Å². The average molecular weight is 422 g/mol. The Balaban J connectivity index is 1.17. The van der Waals surface area contributed by atoms with Crippen molar-refractivity contribution in [2.45, 2.75) is 76.9 Å². The Labute approximate surface area is 185 Å². The molecule has 2 aliphatic rings. The summed E-state index contributed by atoms with van der Waals surface area (Å²) in [5.41, 5.74) is 4.06. The fourth-order valence-corrected chi connectivity index (χ4v) is 5.08. The van der Waals surface area contributed by atoms with Gasteiger partial charge in [0.15, 0.2) is 0 Å². The van der Waals surface area contributed by atoms with Gasteiger partial charge in [-0.25, -0.2) is 0 Å². The molecule has 2 aliphatic carbocycles. The molecule has 0 spiro atoms. The van der Waals surface area contributed by atoms with E-state index in [0.717, 1.165) is 24.3 Å². The Morgan fingerprint density at radius 2 is 2.00 bits per heavy atom. The van der Waals surface area contributed by atoms with Gasteiger partial charge >= 0.3 is 5.97 Å². The van der Waals surface area contributed by atoms with E-state index < -0.39 is 5.97 Å². The first kappa shape index (κ1) is 21.8. The number of carboxylic acids is 1.